The summed E-state index contributed by atoms with van der Waals surface area (Å²) in [6, 6.07) is 15.4. The molecule has 2 amide bonds. The molecular weight excluding hydrogens is 320 g/mol. The molecule has 0 fully saturated rings. The Labute approximate surface area is 146 Å². The number of esters is 1. The van der Waals surface area contributed by atoms with E-state index >= 15 is 0 Å². The van der Waals surface area contributed by atoms with Gasteiger partial charge in [-0.1, -0.05) is 18.2 Å². The smallest absolute Gasteiger partial charge is 0.311 e. The highest BCUT2D eigenvalue weighted by atomic mass is 16.5. The molecule has 130 valence electrons. The Morgan fingerprint density at radius 2 is 1.64 bits per heavy atom. The molecule has 0 atom stereocenters. The van der Waals surface area contributed by atoms with E-state index in [0.717, 1.165) is 0 Å². The number of amides is 2. The van der Waals surface area contributed by atoms with E-state index in [-0.39, 0.29) is 24.2 Å². The van der Waals surface area contributed by atoms with Gasteiger partial charge in [0.15, 0.2) is 0 Å². The summed E-state index contributed by atoms with van der Waals surface area (Å²) in [5.41, 5.74) is 1.22. The molecular formula is C19H20N2O4. The van der Waals surface area contributed by atoms with Crippen LogP contribution in [0.2, 0.25) is 0 Å². The van der Waals surface area contributed by atoms with Crippen molar-refractivity contribution in [1.29, 1.82) is 0 Å². The van der Waals surface area contributed by atoms with E-state index in [9.17, 15) is 14.4 Å². The molecule has 0 saturated heterocycles. The van der Waals surface area contributed by atoms with Crippen LogP contribution in [0, 0.1) is 0 Å². The summed E-state index contributed by atoms with van der Waals surface area (Å²) in [6.07, 6.45) is 0.684. The number of nitrogens with one attached hydrogen (secondary N) is 2. The third kappa shape index (κ3) is 6.47. The predicted octanol–water partition coefficient (Wildman–Crippen LogP) is 2.76. The summed E-state index contributed by atoms with van der Waals surface area (Å²) in [7, 11) is 0. The Morgan fingerprint density at radius 1 is 0.960 bits per heavy atom. The molecule has 0 aliphatic carbocycles. The molecule has 0 saturated carbocycles. The van der Waals surface area contributed by atoms with Crippen LogP contribution >= 0.6 is 0 Å². The van der Waals surface area contributed by atoms with Gasteiger partial charge in [-0.15, -0.1) is 0 Å². The first-order valence-electron chi connectivity index (χ1n) is 7.96. The standard InChI is InChI=1S/C19H20N2O4/c1-14(22)21-16-9-11-17(12-10-16)25-18(23)8-5-13-20-19(24)15-6-3-2-4-7-15/h2-4,6-7,9-12H,5,8,13H2,1H3,(H,20,24)(H,21,22). The number of anilines is 1. The fraction of sp³-hybridized carbons (Fsp3) is 0.211. The summed E-state index contributed by atoms with van der Waals surface area (Å²) in [5, 5.41) is 5.39. The second-order valence-corrected chi connectivity index (χ2v) is 5.41. The van der Waals surface area contributed by atoms with Crippen LogP contribution in [0.5, 0.6) is 5.75 Å². The van der Waals surface area contributed by atoms with Gasteiger partial charge in [-0.05, 0) is 42.8 Å². The van der Waals surface area contributed by atoms with Gasteiger partial charge in [0.05, 0.1) is 0 Å². The fourth-order valence-electron chi connectivity index (χ4n) is 2.12. The van der Waals surface area contributed by atoms with E-state index in [2.05, 4.69) is 10.6 Å². The summed E-state index contributed by atoms with van der Waals surface area (Å²) >= 11 is 0. The lowest BCUT2D eigenvalue weighted by molar-refractivity contribution is -0.134. The summed E-state index contributed by atoms with van der Waals surface area (Å²) in [5.74, 6) is -0.293. The van der Waals surface area contributed by atoms with Gasteiger partial charge in [0, 0.05) is 31.1 Å². The van der Waals surface area contributed by atoms with Crippen molar-refractivity contribution in [3.8, 4) is 5.75 Å². The molecule has 2 rings (SSSR count). The Bertz CT molecular complexity index is 727. The minimum atomic E-state index is -0.374. The molecule has 6 nitrogen and oxygen atoms in total. The SMILES string of the molecule is CC(=O)Nc1ccc(OC(=O)CCCNC(=O)c2ccccc2)cc1. The molecule has 6 heteroatoms. The van der Waals surface area contributed by atoms with Crippen molar-refractivity contribution in [3.05, 3.63) is 60.2 Å². The molecule has 25 heavy (non-hydrogen) atoms. The van der Waals surface area contributed by atoms with E-state index in [1.54, 1.807) is 48.5 Å². The fourth-order valence-corrected chi connectivity index (χ4v) is 2.12. The van der Waals surface area contributed by atoms with Gasteiger partial charge in [0.1, 0.15) is 5.75 Å². The highest BCUT2D eigenvalue weighted by Crippen LogP contribution is 2.16. The van der Waals surface area contributed by atoms with E-state index in [1.165, 1.54) is 6.92 Å². The highest BCUT2D eigenvalue weighted by Gasteiger charge is 2.07. The molecule has 0 aliphatic rings. The van der Waals surface area contributed by atoms with Crippen LogP contribution in [0.1, 0.15) is 30.1 Å². The van der Waals surface area contributed by atoms with Gasteiger partial charge < -0.3 is 15.4 Å². The zero-order valence-electron chi connectivity index (χ0n) is 14.0. The van der Waals surface area contributed by atoms with Crippen LogP contribution < -0.4 is 15.4 Å². The summed E-state index contributed by atoms with van der Waals surface area (Å²) < 4.78 is 5.20. The van der Waals surface area contributed by atoms with Crippen LogP contribution in [0.15, 0.2) is 54.6 Å². The molecule has 2 N–H and O–H groups in total. The van der Waals surface area contributed by atoms with E-state index in [4.69, 9.17) is 4.74 Å². The number of carbonyl (C=O) groups excluding carboxylic acids is 3. The predicted molar refractivity (Wildman–Crippen MR) is 94.4 cm³/mol. The number of hydrogen-bond acceptors (Lipinski definition) is 4. The van der Waals surface area contributed by atoms with Crippen LogP contribution in [0.3, 0.4) is 0 Å². The van der Waals surface area contributed by atoms with Crippen LogP contribution in [-0.4, -0.2) is 24.3 Å². The Morgan fingerprint density at radius 3 is 2.28 bits per heavy atom. The molecule has 0 unspecified atom stereocenters. The van der Waals surface area contributed by atoms with Gasteiger partial charge in [-0.2, -0.15) is 0 Å². The van der Waals surface area contributed by atoms with Gasteiger partial charge in [0.25, 0.3) is 5.91 Å². The van der Waals surface area contributed by atoms with E-state index in [0.29, 0.717) is 30.0 Å². The minimum Gasteiger partial charge on any atom is -0.427 e. The number of ether oxygens (including phenoxy) is 1. The van der Waals surface area contributed by atoms with Crippen LogP contribution in [0.4, 0.5) is 5.69 Å². The second-order valence-electron chi connectivity index (χ2n) is 5.41. The molecule has 0 aromatic heterocycles. The average molecular weight is 340 g/mol. The van der Waals surface area contributed by atoms with Crippen molar-refractivity contribution in [2.45, 2.75) is 19.8 Å². The normalized spacial score (nSPS) is 9.96. The quantitative estimate of drug-likeness (QED) is 0.461. The third-order valence-electron chi connectivity index (χ3n) is 3.29. The van der Waals surface area contributed by atoms with Crippen molar-refractivity contribution in [2.75, 3.05) is 11.9 Å². The maximum absolute atomic E-state index is 11.8. The molecule has 0 radical (unpaired) electrons. The van der Waals surface area contributed by atoms with Crippen molar-refractivity contribution < 1.29 is 19.1 Å². The molecule has 0 spiro atoms. The first-order chi connectivity index (χ1) is 12.0. The number of carbonyl (C=O) groups is 3. The van der Waals surface area contributed by atoms with E-state index in [1.807, 2.05) is 6.07 Å². The van der Waals surface area contributed by atoms with Gasteiger partial charge >= 0.3 is 5.97 Å². The zero-order valence-corrected chi connectivity index (χ0v) is 14.0. The monoisotopic (exact) mass is 340 g/mol. The number of benzene rings is 2. The highest BCUT2D eigenvalue weighted by molar-refractivity contribution is 5.94. The molecule has 0 bridgehead atoms. The van der Waals surface area contributed by atoms with Gasteiger partial charge in [-0.25, -0.2) is 0 Å². The third-order valence-corrected chi connectivity index (χ3v) is 3.29. The first-order valence-corrected chi connectivity index (χ1v) is 7.96. The topological polar surface area (TPSA) is 84.5 Å². The van der Waals surface area contributed by atoms with Crippen molar-refractivity contribution in [1.82, 2.24) is 5.32 Å². The van der Waals surface area contributed by atoms with Crippen molar-refractivity contribution in [2.24, 2.45) is 0 Å². The molecule has 2 aromatic rings. The Kier molecular flexibility index (Phi) is 6.71. The lowest BCUT2D eigenvalue weighted by Crippen LogP contribution is -2.25. The van der Waals surface area contributed by atoms with Crippen LogP contribution in [-0.2, 0) is 9.59 Å². The lowest BCUT2D eigenvalue weighted by atomic mass is 10.2. The zero-order chi connectivity index (χ0) is 18.1. The van der Waals surface area contributed by atoms with Gasteiger partial charge in [0.2, 0.25) is 5.91 Å². The Hall–Kier alpha value is -3.15. The average Bonchev–Trinajstić information content (AvgIpc) is 2.60. The van der Waals surface area contributed by atoms with Crippen LogP contribution in [0.25, 0.3) is 0 Å². The second kappa shape index (κ2) is 9.22. The Balaban J connectivity index is 1.68. The lowest BCUT2D eigenvalue weighted by Gasteiger charge is -2.07. The van der Waals surface area contributed by atoms with E-state index < -0.39 is 0 Å². The number of hydrogen-bond donors (Lipinski definition) is 2. The van der Waals surface area contributed by atoms with Crippen molar-refractivity contribution >= 4 is 23.5 Å². The maximum Gasteiger partial charge on any atom is 0.311 e. The molecule has 0 aliphatic heterocycles. The molecule has 0 heterocycles. The maximum atomic E-state index is 11.8. The summed E-state index contributed by atoms with van der Waals surface area (Å²) in [6.45, 7) is 1.81. The molecule has 2 aromatic carbocycles. The summed E-state index contributed by atoms with van der Waals surface area (Å²) in [4.78, 5) is 34.6. The number of rotatable bonds is 7. The first kappa shape index (κ1) is 18.2. The van der Waals surface area contributed by atoms with Gasteiger partial charge in [-0.3, -0.25) is 14.4 Å². The largest absolute Gasteiger partial charge is 0.427 e. The minimum absolute atomic E-state index is 0.164. The van der Waals surface area contributed by atoms with Crippen molar-refractivity contribution in [3.63, 3.8) is 0 Å².